The van der Waals surface area contributed by atoms with E-state index in [0.29, 0.717) is 12.7 Å². The average molecular weight is 652 g/mol. The topological polar surface area (TPSA) is 47.1 Å². The summed E-state index contributed by atoms with van der Waals surface area (Å²) in [6.07, 6.45) is 4.39. The van der Waals surface area contributed by atoms with Gasteiger partial charge >= 0.3 is 12.1 Å². The van der Waals surface area contributed by atoms with Gasteiger partial charge in [-0.2, -0.15) is 0 Å². The SMILES string of the molecule is CC.CC.CC.CN(CN(C)C1CCC(C)(c2ccccc2)CC1)C(=O)N1C(=O)N(C)c2ccccc2C1c1ccccc1.[V]. The van der Waals surface area contributed by atoms with Gasteiger partial charge < -0.3 is 4.90 Å². The van der Waals surface area contributed by atoms with E-state index in [1.165, 1.54) is 10.5 Å². The van der Waals surface area contributed by atoms with Gasteiger partial charge in [-0.15, -0.1) is 0 Å². The number of hydrogen-bond acceptors (Lipinski definition) is 3. The van der Waals surface area contributed by atoms with Gasteiger partial charge in [-0.3, -0.25) is 9.80 Å². The maximum absolute atomic E-state index is 13.9. The molecule has 1 unspecified atom stereocenters. The molecule has 0 spiro atoms. The molecule has 1 fully saturated rings. The quantitative estimate of drug-likeness (QED) is 0.258. The van der Waals surface area contributed by atoms with E-state index in [9.17, 15) is 9.59 Å². The Kier molecular flexibility index (Phi) is 17.3. The third-order valence-electron chi connectivity index (χ3n) is 8.58. The Labute approximate surface area is 285 Å². The van der Waals surface area contributed by atoms with Crippen molar-refractivity contribution in [3.63, 3.8) is 0 Å². The first-order valence-corrected chi connectivity index (χ1v) is 16.5. The number of hydrogen-bond donors (Lipinski definition) is 0. The van der Waals surface area contributed by atoms with Crippen molar-refractivity contribution in [3.8, 4) is 0 Å². The van der Waals surface area contributed by atoms with Gasteiger partial charge in [0.25, 0.3) is 0 Å². The van der Waals surface area contributed by atoms with Crippen LogP contribution in [-0.4, -0.2) is 60.6 Å². The summed E-state index contributed by atoms with van der Waals surface area (Å²) in [5.74, 6) is 0. The van der Waals surface area contributed by atoms with E-state index in [0.717, 1.165) is 42.5 Å². The van der Waals surface area contributed by atoms with E-state index in [-0.39, 0.29) is 36.0 Å². The number of urea groups is 2. The predicted octanol–water partition coefficient (Wildman–Crippen LogP) is 9.57. The largest absolute Gasteiger partial charge is 0.333 e. The van der Waals surface area contributed by atoms with Crippen LogP contribution in [0.3, 0.4) is 0 Å². The fourth-order valence-corrected chi connectivity index (χ4v) is 6.20. The van der Waals surface area contributed by atoms with Gasteiger partial charge in [-0.25, -0.2) is 14.5 Å². The molecule has 1 aliphatic carbocycles. The van der Waals surface area contributed by atoms with Gasteiger partial charge in [0.05, 0.1) is 18.4 Å². The maximum Gasteiger partial charge on any atom is 0.333 e. The van der Waals surface area contributed by atoms with Crippen LogP contribution in [0.15, 0.2) is 84.9 Å². The minimum atomic E-state index is -0.474. The van der Waals surface area contributed by atoms with E-state index < -0.39 is 6.04 Å². The second kappa shape index (κ2) is 19.5. The van der Waals surface area contributed by atoms with Gasteiger partial charge in [0.1, 0.15) is 0 Å². The summed E-state index contributed by atoms with van der Waals surface area (Å²) in [5, 5.41) is 0. The smallest absolute Gasteiger partial charge is 0.314 e. The van der Waals surface area contributed by atoms with Crippen molar-refractivity contribution in [3.05, 3.63) is 102 Å². The zero-order valence-corrected chi connectivity index (χ0v) is 30.7. The Morgan fingerprint density at radius 2 is 1.29 bits per heavy atom. The number of amides is 4. The van der Waals surface area contributed by atoms with E-state index in [4.69, 9.17) is 0 Å². The first-order valence-electron chi connectivity index (χ1n) is 16.5. The van der Waals surface area contributed by atoms with Crippen molar-refractivity contribution in [2.24, 2.45) is 0 Å². The molecule has 0 saturated heterocycles. The molecule has 1 atom stereocenters. The van der Waals surface area contributed by atoms with Crippen molar-refractivity contribution in [1.29, 1.82) is 0 Å². The Morgan fingerprint density at radius 1 is 0.800 bits per heavy atom. The van der Waals surface area contributed by atoms with Gasteiger partial charge in [0.15, 0.2) is 0 Å². The number of imide groups is 1. The molecule has 0 bridgehead atoms. The number of rotatable bonds is 5. The maximum atomic E-state index is 13.9. The number of nitrogens with zero attached hydrogens (tertiary/aromatic N) is 4. The van der Waals surface area contributed by atoms with Crippen molar-refractivity contribution in [2.75, 3.05) is 32.7 Å². The molecule has 245 valence electrons. The molecule has 1 heterocycles. The van der Waals surface area contributed by atoms with Gasteiger partial charge in [-0.05, 0) is 55.3 Å². The zero-order valence-electron chi connectivity index (χ0n) is 29.3. The summed E-state index contributed by atoms with van der Waals surface area (Å²) in [5.41, 5.74) is 4.31. The molecule has 5 rings (SSSR count). The van der Waals surface area contributed by atoms with Crippen molar-refractivity contribution in [2.45, 2.75) is 91.6 Å². The summed E-state index contributed by atoms with van der Waals surface area (Å²) in [6, 6.07) is 27.8. The van der Waals surface area contributed by atoms with Gasteiger partial charge in [0.2, 0.25) is 0 Å². The number of para-hydroxylation sites is 1. The molecule has 2 aliphatic rings. The number of benzene rings is 3. The van der Waals surface area contributed by atoms with Crippen LogP contribution in [0.5, 0.6) is 0 Å². The number of fused-ring (bicyclic) bond motifs is 1. The van der Waals surface area contributed by atoms with Crippen LogP contribution in [0.4, 0.5) is 15.3 Å². The number of carbonyl (C=O) groups is 2. The third kappa shape index (κ3) is 9.25. The van der Waals surface area contributed by atoms with Crippen LogP contribution in [-0.2, 0) is 24.0 Å². The summed E-state index contributed by atoms with van der Waals surface area (Å²) >= 11 is 0. The van der Waals surface area contributed by atoms with Gasteiger partial charge in [-0.1, -0.05) is 127 Å². The first kappa shape index (κ1) is 40.0. The monoisotopic (exact) mass is 651 g/mol. The molecular formula is C38H56N4O2V. The van der Waals surface area contributed by atoms with E-state index in [2.05, 4.69) is 49.2 Å². The van der Waals surface area contributed by atoms with Crippen LogP contribution in [0, 0.1) is 0 Å². The summed E-state index contributed by atoms with van der Waals surface area (Å²) in [6.45, 7) is 14.8. The molecular weight excluding hydrogens is 595 g/mol. The minimum Gasteiger partial charge on any atom is -0.314 e. The fraction of sp³-hybridized carbons (Fsp3) is 0.474. The standard InChI is InChI=1S/C32H38N4O2.3C2H6.V/c1-32(25-15-9-6-10-16-25)21-19-26(20-22-32)33(2)23-34(3)30(37)36-29(24-13-7-5-8-14-24)27-17-11-12-18-28(27)35(4)31(36)38;3*1-2;/h5-18,26,29H,19-23H2,1-4H3;3*1-2H3;. The van der Waals surface area contributed by atoms with Crippen molar-refractivity contribution < 1.29 is 28.1 Å². The number of carbonyl (C=O) groups excluding carboxylic acids is 2. The van der Waals surface area contributed by atoms with Crippen molar-refractivity contribution >= 4 is 17.7 Å². The van der Waals surface area contributed by atoms with Crippen LogP contribution < -0.4 is 4.90 Å². The predicted molar refractivity (Wildman–Crippen MR) is 186 cm³/mol. The summed E-state index contributed by atoms with van der Waals surface area (Å²) in [4.78, 5) is 34.5. The molecule has 45 heavy (non-hydrogen) atoms. The molecule has 1 aliphatic heterocycles. The number of anilines is 1. The molecule has 1 saturated carbocycles. The van der Waals surface area contributed by atoms with E-state index in [1.807, 2.05) is 96.1 Å². The molecule has 0 aromatic heterocycles. The summed E-state index contributed by atoms with van der Waals surface area (Å²) in [7, 11) is 5.62. The summed E-state index contributed by atoms with van der Waals surface area (Å²) < 4.78 is 0. The van der Waals surface area contributed by atoms with Gasteiger partial charge in [0, 0.05) is 44.3 Å². The van der Waals surface area contributed by atoms with Crippen molar-refractivity contribution in [1.82, 2.24) is 14.7 Å². The molecule has 6 nitrogen and oxygen atoms in total. The van der Waals surface area contributed by atoms with E-state index in [1.54, 1.807) is 23.9 Å². The zero-order chi connectivity index (χ0) is 32.9. The second-order valence-electron chi connectivity index (χ2n) is 11.1. The Morgan fingerprint density at radius 3 is 1.84 bits per heavy atom. The van der Waals surface area contributed by atoms with Crippen LogP contribution in [0.1, 0.15) is 96.9 Å². The van der Waals surface area contributed by atoms with Crippen LogP contribution in [0.25, 0.3) is 0 Å². The Balaban J connectivity index is 0.00000137. The first-order chi connectivity index (χ1) is 21.3. The molecule has 3 aromatic rings. The molecule has 1 radical (unpaired) electrons. The average Bonchev–Trinajstić information content (AvgIpc) is 3.09. The third-order valence-corrected chi connectivity index (χ3v) is 8.58. The molecule has 3 aromatic carbocycles. The second-order valence-corrected chi connectivity index (χ2v) is 11.1. The van der Waals surface area contributed by atoms with E-state index >= 15 is 0 Å². The normalized spacial score (nSPS) is 20.1. The molecule has 7 heteroatoms. The molecule has 4 amide bonds. The minimum absolute atomic E-state index is 0. The van der Waals surface area contributed by atoms with Crippen LogP contribution >= 0.6 is 0 Å². The Bertz CT molecular complexity index is 1280. The Hall–Kier alpha value is -3.06. The van der Waals surface area contributed by atoms with Crippen LogP contribution in [0.2, 0.25) is 0 Å². The molecule has 0 N–H and O–H groups in total. The fourth-order valence-electron chi connectivity index (χ4n) is 6.20.